The number of carbonyl (C=O) groups is 2. The molecule has 0 radical (unpaired) electrons. The van der Waals surface area contributed by atoms with E-state index in [4.69, 9.17) is 9.47 Å². The molecule has 1 fully saturated rings. The number of morpholine rings is 1. The molecule has 0 bridgehead atoms. The molecule has 2 aromatic carbocycles. The summed E-state index contributed by atoms with van der Waals surface area (Å²) in [6, 6.07) is 10.9. The lowest BCUT2D eigenvalue weighted by atomic mass is 10.1. The van der Waals surface area contributed by atoms with Gasteiger partial charge in [-0.25, -0.2) is 4.79 Å². The fraction of sp³-hybridized carbons (Fsp3) is 0.333. The van der Waals surface area contributed by atoms with Crippen LogP contribution in [0.25, 0.3) is 0 Å². The molecule has 9 heteroatoms. The molecule has 1 saturated heterocycles. The number of nitrogens with zero attached hydrogens (tertiary/aromatic N) is 1. The third kappa shape index (κ3) is 5.29. The van der Waals surface area contributed by atoms with Crippen molar-refractivity contribution in [2.24, 2.45) is 0 Å². The number of rotatable bonds is 5. The number of benzene rings is 2. The highest BCUT2D eigenvalue weighted by Crippen LogP contribution is 2.32. The lowest BCUT2D eigenvalue weighted by Crippen LogP contribution is -2.46. The molecule has 0 aliphatic carbocycles. The fourth-order valence-corrected chi connectivity index (χ4v) is 3.01. The lowest BCUT2D eigenvalue weighted by molar-refractivity contribution is -0.143. The molecule has 1 N–H and O–H groups in total. The number of nitrogens with one attached hydrogen (secondary N) is 1. The summed E-state index contributed by atoms with van der Waals surface area (Å²) in [6.45, 7) is 3.19. The smallest absolute Gasteiger partial charge is 0.416 e. The van der Waals surface area contributed by atoms with Crippen LogP contribution in [0.1, 0.15) is 22.8 Å². The van der Waals surface area contributed by atoms with Crippen molar-refractivity contribution < 1.29 is 32.2 Å². The topological polar surface area (TPSA) is 67.9 Å². The summed E-state index contributed by atoms with van der Waals surface area (Å²) in [5.41, 5.74) is -0.260. The molecule has 160 valence electrons. The maximum Gasteiger partial charge on any atom is 0.416 e. The van der Waals surface area contributed by atoms with E-state index in [0.717, 1.165) is 12.1 Å². The number of para-hydroxylation sites is 1. The van der Waals surface area contributed by atoms with Crippen molar-refractivity contribution in [1.82, 2.24) is 4.90 Å². The van der Waals surface area contributed by atoms with Gasteiger partial charge in [-0.1, -0.05) is 18.2 Å². The van der Waals surface area contributed by atoms with Crippen LogP contribution in [0, 0.1) is 0 Å². The molecule has 1 aliphatic rings. The van der Waals surface area contributed by atoms with Gasteiger partial charge < -0.3 is 19.7 Å². The van der Waals surface area contributed by atoms with Crippen LogP contribution in [0.3, 0.4) is 0 Å². The highest BCUT2D eigenvalue weighted by atomic mass is 19.4. The second-order valence-corrected chi connectivity index (χ2v) is 6.73. The summed E-state index contributed by atoms with van der Waals surface area (Å²) in [5.74, 6) is -1.07. The number of hydrogen-bond donors (Lipinski definition) is 1. The molecule has 3 rings (SSSR count). The Bertz CT molecular complexity index is 911. The lowest BCUT2D eigenvalue weighted by Gasteiger charge is -2.29. The Labute approximate surface area is 171 Å². The Morgan fingerprint density at radius 3 is 2.50 bits per heavy atom. The third-order valence-electron chi connectivity index (χ3n) is 4.57. The molecular formula is C21H21F3N2O4. The minimum absolute atomic E-state index is 0.108. The molecule has 2 aromatic rings. The summed E-state index contributed by atoms with van der Waals surface area (Å²) in [6.07, 6.45) is -5.48. The molecule has 1 unspecified atom stereocenters. The quantitative estimate of drug-likeness (QED) is 0.742. The number of halogens is 3. The normalized spacial score (nSPS) is 15.4. The van der Waals surface area contributed by atoms with Gasteiger partial charge in [-0.05, 0) is 37.3 Å². The summed E-state index contributed by atoms with van der Waals surface area (Å²) in [7, 11) is 0. The Hall–Kier alpha value is -3.07. The van der Waals surface area contributed by atoms with Crippen LogP contribution in [-0.4, -0.2) is 49.2 Å². The van der Waals surface area contributed by atoms with Gasteiger partial charge in [-0.15, -0.1) is 0 Å². The first-order valence-corrected chi connectivity index (χ1v) is 9.36. The molecule has 0 spiro atoms. The molecule has 1 aliphatic heterocycles. The number of ether oxygens (including phenoxy) is 2. The van der Waals surface area contributed by atoms with Crippen LogP contribution < -0.4 is 5.32 Å². The number of hydrogen-bond acceptors (Lipinski definition) is 5. The van der Waals surface area contributed by atoms with Gasteiger partial charge in [0.05, 0.1) is 30.0 Å². The van der Waals surface area contributed by atoms with Crippen LogP contribution >= 0.6 is 0 Å². The van der Waals surface area contributed by atoms with Crippen molar-refractivity contribution in [2.45, 2.75) is 19.2 Å². The number of carbonyl (C=O) groups excluding carboxylic acids is 2. The average Bonchev–Trinajstić information content (AvgIpc) is 2.73. The molecule has 0 saturated carbocycles. The SMILES string of the molecule is CC(OC(=O)c1ccccc1Nc1cccc(C(F)(F)F)c1)C(=O)N1CCOCC1. The van der Waals surface area contributed by atoms with Crippen molar-refractivity contribution >= 4 is 23.3 Å². The first kappa shape index (κ1) is 21.6. The maximum atomic E-state index is 12.9. The van der Waals surface area contributed by atoms with E-state index in [1.807, 2.05) is 0 Å². The van der Waals surface area contributed by atoms with Crippen molar-refractivity contribution in [2.75, 3.05) is 31.6 Å². The number of amides is 1. The predicted octanol–water partition coefficient (Wildman–Crippen LogP) is 3.85. The zero-order chi connectivity index (χ0) is 21.7. The van der Waals surface area contributed by atoms with Gasteiger partial charge in [0.15, 0.2) is 6.10 Å². The van der Waals surface area contributed by atoms with Gasteiger partial charge in [0.1, 0.15) is 0 Å². The summed E-state index contributed by atoms with van der Waals surface area (Å²) >= 11 is 0. The second-order valence-electron chi connectivity index (χ2n) is 6.73. The van der Waals surface area contributed by atoms with E-state index >= 15 is 0 Å². The molecule has 1 atom stereocenters. The minimum atomic E-state index is -4.48. The van der Waals surface area contributed by atoms with E-state index in [1.54, 1.807) is 23.1 Å². The highest BCUT2D eigenvalue weighted by molar-refractivity contribution is 5.98. The summed E-state index contributed by atoms with van der Waals surface area (Å²) in [4.78, 5) is 26.6. The third-order valence-corrected chi connectivity index (χ3v) is 4.57. The molecular weight excluding hydrogens is 401 g/mol. The Kier molecular flexibility index (Phi) is 6.61. The van der Waals surface area contributed by atoms with Crippen LogP contribution in [0.5, 0.6) is 0 Å². The summed E-state index contributed by atoms with van der Waals surface area (Å²) < 4.78 is 49.3. The van der Waals surface area contributed by atoms with E-state index in [1.165, 1.54) is 25.1 Å². The van der Waals surface area contributed by atoms with E-state index in [0.29, 0.717) is 26.3 Å². The maximum absolute atomic E-state index is 12.9. The van der Waals surface area contributed by atoms with Gasteiger partial charge in [0.2, 0.25) is 0 Å². The molecule has 1 heterocycles. The number of alkyl halides is 3. The summed E-state index contributed by atoms with van der Waals surface area (Å²) in [5, 5.41) is 2.82. The van der Waals surface area contributed by atoms with Gasteiger partial charge in [-0.2, -0.15) is 13.2 Å². The standard InChI is InChI=1S/C21H21F3N2O4/c1-14(19(27)26-9-11-29-12-10-26)30-20(28)17-7-2-3-8-18(17)25-16-6-4-5-15(13-16)21(22,23)24/h2-8,13-14,25H,9-12H2,1H3. The minimum Gasteiger partial charge on any atom is -0.449 e. The van der Waals surface area contributed by atoms with E-state index in [-0.39, 0.29) is 22.8 Å². The van der Waals surface area contributed by atoms with Crippen LogP contribution in [0.4, 0.5) is 24.5 Å². The van der Waals surface area contributed by atoms with Gasteiger partial charge >= 0.3 is 12.1 Å². The van der Waals surface area contributed by atoms with Crippen LogP contribution in [0.2, 0.25) is 0 Å². The molecule has 1 amide bonds. The average molecular weight is 422 g/mol. The zero-order valence-electron chi connectivity index (χ0n) is 16.2. The first-order valence-electron chi connectivity index (χ1n) is 9.36. The highest BCUT2D eigenvalue weighted by Gasteiger charge is 2.30. The Balaban J connectivity index is 1.73. The van der Waals surface area contributed by atoms with E-state index in [2.05, 4.69) is 5.32 Å². The number of anilines is 2. The second kappa shape index (κ2) is 9.17. The first-order chi connectivity index (χ1) is 14.3. The van der Waals surface area contributed by atoms with Crippen molar-refractivity contribution in [3.63, 3.8) is 0 Å². The largest absolute Gasteiger partial charge is 0.449 e. The van der Waals surface area contributed by atoms with Gasteiger partial charge in [0.25, 0.3) is 5.91 Å². The zero-order valence-corrected chi connectivity index (χ0v) is 16.2. The van der Waals surface area contributed by atoms with Crippen LogP contribution in [-0.2, 0) is 20.4 Å². The van der Waals surface area contributed by atoms with Gasteiger partial charge in [0, 0.05) is 18.8 Å². The van der Waals surface area contributed by atoms with Crippen molar-refractivity contribution in [3.05, 3.63) is 59.7 Å². The van der Waals surface area contributed by atoms with Crippen molar-refractivity contribution in [1.29, 1.82) is 0 Å². The monoisotopic (exact) mass is 422 g/mol. The van der Waals surface area contributed by atoms with E-state index in [9.17, 15) is 22.8 Å². The van der Waals surface area contributed by atoms with E-state index < -0.39 is 23.8 Å². The molecule has 0 aromatic heterocycles. The van der Waals surface area contributed by atoms with Crippen LogP contribution in [0.15, 0.2) is 48.5 Å². The Morgan fingerprint density at radius 1 is 1.10 bits per heavy atom. The van der Waals surface area contributed by atoms with Gasteiger partial charge in [-0.3, -0.25) is 4.79 Å². The van der Waals surface area contributed by atoms with Crippen molar-refractivity contribution in [3.8, 4) is 0 Å². The number of esters is 1. The predicted molar refractivity (Wildman–Crippen MR) is 103 cm³/mol. The Morgan fingerprint density at radius 2 is 1.80 bits per heavy atom. The molecule has 6 nitrogen and oxygen atoms in total. The fourth-order valence-electron chi connectivity index (χ4n) is 3.01. The molecule has 30 heavy (non-hydrogen) atoms.